The summed E-state index contributed by atoms with van der Waals surface area (Å²) in [6.07, 6.45) is -0.110. The van der Waals surface area contributed by atoms with Crippen LogP contribution >= 0.6 is 0 Å². The van der Waals surface area contributed by atoms with Gasteiger partial charge in [0.15, 0.2) is 11.5 Å². The number of nitrogens with zero attached hydrogens (tertiary/aromatic N) is 1. The predicted molar refractivity (Wildman–Crippen MR) is 78.8 cm³/mol. The van der Waals surface area contributed by atoms with Crippen LogP contribution in [0.5, 0.6) is 11.5 Å². The lowest BCUT2D eigenvalue weighted by Gasteiger charge is -2.36. The van der Waals surface area contributed by atoms with E-state index in [2.05, 4.69) is 18.7 Å². The maximum atomic E-state index is 10.5. The first-order valence-electron chi connectivity index (χ1n) is 7.57. The summed E-state index contributed by atoms with van der Waals surface area (Å²) < 4.78 is 16.8. The summed E-state index contributed by atoms with van der Waals surface area (Å²) in [5, 5.41) is 10.5. The molecule has 5 nitrogen and oxygen atoms in total. The largest absolute Gasteiger partial charge is 0.486 e. The van der Waals surface area contributed by atoms with Crippen LogP contribution < -0.4 is 9.47 Å². The lowest BCUT2D eigenvalue weighted by atomic mass is 10.1. The van der Waals surface area contributed by atoms with Gasteiger partial charge in [-0.25, -0.2) is 0 Å². The van der Waals surface area contributed by atoms with E-state index in [1.807, 2.05) is 18.2 Å². The highest BCUT2D eigenvalue weighted by atomic mass is 16.6. The van der Waals surface area contributed by atoms with Crippen molar-refractivity contribution in [1.82, 2.24) is 4.90 Å². The van der Waals surface area contributed by atoms with E-state index in [0.717, 1.165) is 30.2 Å². The predicted octanol–water partition coefficient (Wildman–Crippen LogP) is 1.60. The molecule has 5 heteroatoms. The average Bonchev–Trinajstić information content (AvgIpc) is 2.45. The third kappa shape index (κ3) is 3.48. The van der Waals surface area contributed by atoms with Gasteiger partial charge in [0.25, 0.3) is 0 Å². The van der Waals surface area contributed by atoms with Gasteiger partial charge in [0.05, 0.1) is 18.3 Å². The molecule has 2 heterocycles. The van der Waals surface area contributed by atoms with Crippen molar-refractivity contribution in [3.63, 3.8) is 0 Å². The lowest BCUT2D eigenvalue weighted by Crippen LogP contribution is -2.46. The molecule has 1 fully saturated rings. The standard InChI is InChI=1S/C16H23NO4/c1-11-8-17(9-12(2)21-11)10-14(18)13-3-4-15-16(7-13)20-6-5-19-15/h3-4,7,11-12,14,18H,5-6,8-10H2,1-2H3/t11-,12-,14+/m1/s1. The Labute approximate surface area is 125 Å². The number of morpholine rings is 1. The zero-order valence-corrected chi connectivity index (χ0v) is 12.6. The van der Waals surface area contributed by atoms with Crippen molar-refractivity contribution in [2.75, 3.05) is 32.8 Å². The average molecular weight is 293 g/mol. The molecule has 116 valence electrons. The quantitative estimate of drug-likeness (QED) is 0.917. The minimum Gasteiger partial charge on any atom is -0.486 e. The van der Waals surface area contributed by atoms with Gasteiger partial charge >= 0.3 is 0 Å². The monoisotopic (exact) mass is 293 g/mol. The Bertz CT molecular complexity index is 483. The Kier molecular flexibility index (Phi) is 4.33. The molecule has 2 aliphatic rings. The second-order valence-electron chi connectivity index (χ2n) is 5.89. The lowest BCUT2D eigenvalue weighted by molar-refractivity contribution is -0.0767. The smallest absolute Gasteiger partial charge is 0.161 e. The summed E-state index contributed by atoms with van der Waals surface area (Å²) in [6.45, 7) is 7.59. The van der Waals surface area contributed by atoms with E-state index in [9.17, 15) is 5.11 Å². The van der Waals surface area contributed by atoms with E-state index in [1.54, 1.807) is 0 Å². The molecule has 3 rings (SSSR count). The van der Waals surface area contributed by atoms with Crippen molar-refractivity contribution in [3.8, 4) is 11.5 Å². The summed E-state index contributed by atoms with van der Waals surface area (Å²) in [5.74, 6) is 1.48. The molecule has 3 atom stereocenters. The molecule has 1 N–H and O–H groups in total. The molecule has 1 saturated heterocycles. The molecule has 2 aliphatic heterocycles. The van der Waals surface area contributed by atoms with Crippen LogP contribution in [0, 0.1) is 0 Å². The highest BCUT2D eigenvalue weighted by Gasteiger charge is 2.25. The minimum absolute atomic E-state index is 0.209. The highest BCUT2D eigenvalue weighted by Crippen LogP contribution is 2.33. The molecule has 0 spiro atoms. The number of hydrogen-bond donors (Lipinski definition) is 1. The summed E-state index contributed by atoms with van der Waals surface area (Å²) in [7, 11) is 0. The van der Waals surface area contributed by atoms with Crippen molar-refractivity contribution < 1.29 is 19.3 Å². The molecule has 0 aromatic heterocycles. The molecule has 0 amide bonds. The topological polar surface area (TPSA) is 51.2 Å². The molecule has 1 aromatic rings. The van der Waals surface area contributed by atoms with Crippen molar-refractivity contribution in [2.45, 2.75) is 32.2 Å². The van der Waals surface area contributed by atoms with E-state index in [1.165, 1.54) is 0 Å². The van der Waals surface area contributed by atoms with Gasteiger partial charge in [-0.2, -0.15) is 0 Å². The second-order valence-corrected chi connectivity index (χ2v) is 5.89. The Hall–Kier alpha value is -1.30. The molecule has 21 heavy (non-hydrogen) atoms. The number of benzene rings is 1. The summed E-state index contributed by atoms with van der Waals surface area (Å²) in [5.41, 5.74) is 0.867. The van der Waals surface area contributed by atoms with Crippen LogP contribution in [0.15, 0.2) is 18.2 Å². The van der Waals surface area contributed by atoms with Crippen LogP contribution in [0.25, 0.3) is 0 Å². The Morgan fingerprint density at radius 3 is 2.52 bits per heavy atom. The van der Waals surface area contributed by atoms with Crippen molar-refractivity contribution in [2.24, 2.45) is 0 Å². The molecular formula is C16H23NO4. The van der Waals surface area contributed by atoms with Crippen LogP contribution in [0.2, 0.25) is 0 Å². The third-order valence-corrected chi connectivity index (χ3v) is 3.88. The van der Waals surface area contributed by atoms with Gasteiger partial charge in [0, 0.05) is 19.6 Å². The van der Waals surface area contributed by atoms with Gasteiger partial charge < -0.3 is 19.3 Å². The first-order chi connectivity index (χ1) is 10.1. The zero-order valence-electron chi connectivity index (χ0n) is 12.6. The van der Waals surface area contributed by atoms with Gasteiger partial charge in [-0.05, 0) is 31.5 Å². The summed E-state index contributed by atoms with van der Waals surface area (Å²) >= 11 is 0. The summed E-state index contributed by atoms with van der Waals surface area (Å²) in [6, 6.07) is 5.66. The van der Waals surface area contributed by atoms with E-state index >= 15 is 0 Å². The summed E-state index contributed by atoms with van der Waals surface area (Å²) in [4.78, 5) is 2.25. The first-order valence-corrected chi connectivity index (χ1v) is 7.57. The fraction of sp³-hybridized carbons (Fsp3) is 0.625. The van der Waals surface area contributed by atoms with Crippen LogP contribution in [-0.4, -0.2) is 55.1 Å². The van der Waals surface area contributed by atoms with Crippen LogP contribution in [0.3, 0.4) is 0 Å². The van der Waals surface area contributed by atoms with E-state index in [0.29, 0.717) is 19.8 Å². The fourth-order valence-corrected chi connectivity index (χ4v) is 3.05. The molecule has 1 aromatic carbocycles. The molecule has 0 radical (unpaired) electrons. The minimum atomic E-state index is -0.529. The number of rotatable bonds is 3. The molecule has 0 unspecified atom stereocenters. The third-order valence-electron chi connectivity index (χ3n) is 3.88. The number of fused-ring (bicyclic) bond motifs is 1. The van der Waals surface area contributed by atoms with Crippen molar-refractivity contribution >= 4 is 0 Å². The molecular weight excluding hydrogens is 270 g/mol. The van der Waals surface area contributed by atoms with Gasteiger partial charge in [-0.1, -0.05) is 6.07 Å². The number of ether oxygens (including phenoxy) is 3. The van der Waals surface area contributed by atoms with Gasteiger partial charge in [-0.3, -0.25) is 4.90 Å². The second kappa shape index (κ2) is 6.22. The number of β-amino-alcohol motifs (C(OH)–C–C–N with tert-alkyl or cyclic N) is 1. The number of hydrogen-bond acceptors (Lipinski definition) is 5. The van der Waals surface area contributed by atoms with E-state index < -0.39 is 6.10 Å². The number of aliphatic hydroxyl groups excluding tert-OH is 1. The van der Waals surface area contributed by atoms with Gasteiger partial charge in [-0.15, -0.1) is 0 Å². The Morgan fingerprint density at radius 1 is 1.14 bits per heavy atom. The van der Waals surface area contributed by atoms with Crippen LogP contribution in [0.1, 0.15) is 25.5 Å². The first kappa shape index (κ1) is 14.6. The highest BCUT2D eigenvalue weighted by molar-refractivity contribution is 5.44. The van der Waals surface area contributed by atoms with E-state index in [4.69, 9.17) is 14.2 Å². The zero-order chi connectivity index (χ0) is 14.8. The van der Waals surface area contributed by atoms with Crippen LogP contribution in [0.4, 0.5) is 0 Å². The van der Waals surface area contributed by atoms with Crippen LogP contribution in [-0.2, 0) is 4.74 Å². The molecule has 0 saturated carbocycles. The number of aliphatic hydroxyl groups is 1. The fourth-order valence-electron chi connectivity index (χ4n) is 3.05. The van der Waals surface area contributed by atoms with Crippen molar-refractivity contribution in [1.29, 1.82) is 0 Å². The van der Waals surface area contributed by atoms with Gasteiger partial charge in [0.1, 0.15) is 13.2 Å². The molecule has 0 aliphatic carbocycles. The van der Waals surface area contributed by atoms with E-state index in [-0.39, 0.29) is 12.2 Å². The SMILES string of the molecule is C[C@@H]1CN(C[C@H](O)c2ccc3c(c2)OCCO3)C[C@@H](C)O1. The van der Waals surface area contributed by atoms with Gasteiger partial charge in [0.2, 0.25) is 0 Å². The maximum Gasteiger partial charge on any atom is 0.161 e. The Morgan fingerprint density at radius 2 is 1.81 bits per heavy atom. The Balaban J connectivity index is 1.66. The normalized spacial score (nSPS) is 27.4. The van der Waals surface area contributed by atoms with Crippen molar-refractivity contribution in [3.05, 3.63) is 23.8 Å². The maximum absolute atomic E-state index is 10.5. The molecule has 0 bridgehead atoms.